The van der Waals surface area contributed by atoms with Crippen LogP contribution >= 0.6 is 23.1 Å². The van der Waals surface area contributed by atoms with Gasteiger partial charge in [-0.3, -0.25) is 9.69 Å². The Balaban J connectivity index is 1.49. The second-order valence-corrected chi connectivity index (χ2v) is 12.2. The Labute approximate surface area is 213 Å². The molecular formula is C26H26N2O4S3. The molecule has 0 spiro atoms. The molecule has 35 heavy (non-hydrogen) atoms. The van der Waals surface area contributed by atoms with Crippen LogP contribution in [-0.2, 0) is 21.2 Å². The zero-order valence-corrected chi connectivity index (χ0v) is 22.0. The van der Waals surface area contributed by atoms with Gasteiger partial charge < -0.3 is 4.74 Å². The molecule has 9 heteroatoms. The van der Waals surface area contributed by atoms with Crippen molar-refractivity contribution in [2.75, 3.05) is 24.0 Å². The minimum Gasteiger partial charge on any atom is -0.497 e. The van der Waals surface area contributed by atoms with Crippen molar-refractivity contribution in [2.45, 2.75) is 29.2 Å². The van der Waals surface area contributed by atoms with E-state index in [1.165, 1.54) is 17.6 Å². The van der Waals surface area contributed by atoms with Gasteiger partial charge in [0.05, 0.1) is 28.8 Å². The molecule has 0 fully saturated rings. The lowest BCUT2D eigenvalue weighted by Gasteiger charge is -2.20. The zero-order valence-electron chi connectivity index (χ0n) is 19.5. The molecule has 0 saturated carbocycles. The van der Waals surface area contributed by atoms with Gasteiger partial charge in [-0.2, -0.15) is 0 Å². The van der Waals surface area contributed by atoms with E-state index in [-0.39, 0.29) is 10.8 Å². The number of carbonyl (C=O) groups excluding carboxylic acids is 1. The minimum absolute atomic E-state index is 0.00780. The van der Waals surface area contributed by atoms with Crippen LogP contribution in [0.3, 0.4) is 0 Å². The average molecular weight is 527 g/mol. The summed E-state index contributed by atoms with van der Waals surface area (Å²) in [7, 11) is -1.68. The summed E-state index contributed by atoms with van der Waals surface area (Å²) >= 11 is 3.04. The topological polar surface area (TPSA) is 76.6 Å². The highest BCUT2D eigenvalue weighted by atomic mass is 32.2. The Morgan fingerprint density at radius 3 is 2.49 bits per heavy atom. The zero-order chi connectivity index (χ0) is 24.8. The largest absolute Gasteiger partial charge is 0.497 e. The summed E-state index contributed by atoms with van der Waals surface area (Å²) in [4.78, 5) is 21.1. The molecule has 1 heterocycles. The Bertz CT molecular complexity index is 1400. The van der Waals surface area contributed by atoms with Crippen LogP contribution in [-0.4, -0.2) is 38.4 Å². The summed E-state index contributed by atoms with van der Waals surface area (Å²) in [5.41, 5.74) is 1.68. The lowest BCUT2D eigenvalue weighted by atomic mass is 10.2. The van der Waals surface area contributed by atoms with Crippen molar-refractivity contribution >= 4 is 54.2 Å². The van der Waals surface area contributed by atoms with E-state index in [2.05, 4.69) is 4.98 Å². The molecule has 1 amide bonds. The van der Waals surface area contributed by atoms with Crippen molar-refractivity contribution in [1.82, 2.24) is 4.98 Å². The SMILES string of the molecule is COc1ccc(SCCCC(=O)N(Cc2ccccc2)c2nc3ccc(S(C)(=O)=O)cc3s2)cc1. The van der Waals surface area contributed by atoms with E-state index in [1.54, 1.807) is 42.0 Å². The second kappa shape index (κ2) is 11.2. The summed E-state index contributed by atoms with van der Waals surface area (Å²) < 4.78 is 29.9. The number of hydrogen-bond acceptors (Lipinski definition) is 7. The maximum atomic E-state index is 13.3. The number of hydrogen-bond donors (Lipinski definition) is 0. The minimum atomic E-state index is -3.32. The highest BCUT2D eigenvalue weighted by Crippen LogP contribution is 2.32. The third-order valence-corrected chi connectivity index (χ3v) is 8.61. The number of amides is 1. The van der Waals surface area contributed by atoms with E-state index >= 15 is 0 Å². The fourth-order valence-corrected chi connectivity index (χ4v) is 6.08. The normalized spacial score (nSPS) is 11.5. The Kier molecular flexibility index (Phi) is 8.10. The van der Waals surface area contributed by atoms with Gasteiger partial charge >= 0.3 is 0 Å². The van der Waals surface area contributed by atoms with Gasteiger partial charge in [-0.1, -0.05) is 41.7 Å². The van der Waals surface area contributed by atoms with Crippen molar-refractivity contribution in [1.29, 1.82) is 0 Å². The Morgan fingerprint density at radius 2 is 1.80 bits per heavy atom. The van der Waals surface area contributed by atoms with Crippen molar-refractivity contribution in [3.63, 3.8) is 0 Å². The van der Waals surface area contributed by atoms with Crippen molar-refractivity contribution in [2.24, 2.45) is 0 Å². The van der Waals surface area contributed by atoms with E-state index in [4.69, 9.17) is 4.74 Å². The number of rotatable bonds is 10. The first-order valence-electron chi connectivity index (χ1n) is 11.1. The second-order valence-electron chi connectivity index (χ2n) is 7.99. The first-order chi connectivity index (χ1) is 16.8. The van der Waals surface area contributed by atoms with Crippen LogP contribution in [0.25, 0.3) is 10.2 Å². The highest BCUT2D eigenvalue weighted by molar-refractivity contribution is 7.99. The molecule has 4 rings (SSSR count). The molecule has 1 aromatic heterocycles. The summed E-state index contributed by atoms with van der Waals surface area (Å²) in [6.45, 7) is 0.407. The molecule has 4 aromatic rings. The summed E-state index contributed by atoms with van der Waals surface area (Å²) in [5.74, 6) is 1.63. The van der Waals surface area contributed by atoms with E-state index < -0.39 is 9.84 Å². The van der Waals surface area contributed by atoms with Gasteiger partial charge in [-0.25, -0.2) is 13.4 Å². The number of carbonyl (C=O) groups is 1. The molecule has 0 aliphatic carbocycles. The van der Waals surface area contributed by atoms with Crippen LogP contribution in [0.2, 0.25) is 0 Å². The van der Waals surface area contributed by atoms with Gasteiger partial charge in [-0.05, 0) is 60.2 Å². The number of methoxy groups -OCH3 is 1. The van der Waals surface area contributed by atoms with Crippen LogP contribution < -0.4 is 9.64 Å². The molecule has 0 saturated heterocycles. The van der Waals surface area contributed by atoms with Crippen molar-refractivity contribution in [3.05, 3.63) is 78.4 Å². The predicted molar refractivity (Wildman–Crippen MR) is 143 cm³/mol. The van der Waals surface area contributed by atoms with Crippen LogP contribution in [0, 0.1) is 0 Å². The van der Waals surface area contributed by atoms with Gasteiger partial charge in [0, 0.05) is 17.6 Å². The fourth-order valence-electron chi connectivity index (χ4n) is 3.49. The number of fused-ring (bicyclic) bond motifs is 1. The molecule has 0 atom stereocenters. The molecule has 0 unspecified atom stereocenters. The van der Waals surface area contributed by atoms with Crippen LogP contribution in [0.5, 0.6) is 5.75 Å². The lowest BCUT2D eigenvalue weighted by molar-refractivity contribution is -0.118. The quantitative estimate of drug-likeness (QED) is 0.192. The van der Waals surface area contributed by atoms with Crippen molar-refractivity contribution in [3.8, 4) is 5.75 Å². The molecule has 0 aliphatic rings. The summed E-state index contributed by atoms with van der Waals surface area (Å²) in [5, 5.41) is 0.572. The van der Waals surface area contributed by atoms with Crippen LogP contribution in [0.1, 0.15) is 18.4 Å². The van der Waals surface area contributed by atoms with Gasteiger partial charge in [0.15, 0.2) is 15.0 Å². The summed E-state index contributed by atoms with van der Waals surface area (Å²) in [6, 6.07) is 22.6. The van der Waals surface area contributed by atoms with E-state index in [0.717, 1.165) is 33.1 Å². The number of thiazole rings is 1. The monoisotopic (exact) mass is 526 g/mol. The number of ether oxygens (including phenoxy) is 1. The smallest absolute Gasteiger partial charge is 0.229 e. The third-order valence-electron chi connectivity index (χ3n) is 5.36. The van der Waals surface area contributed by atoms with Crippen LogP contribution in [0.15, 0.2) is 82.6 Å². The number of aromatic nitrogens is 1. The molecule has 0 N–H and O–H groups in total. The molecule has 0 bridgehead atoms. The molecular weight excluding hydrogens is 500 g/mol. The van der Waals surface area contributed by atoms with Gasteiger partial charge in [0.1, 0.15) is 5.75 Å². The maximum absolute atomic E-state index is 13.3. The molecule has 182 valence electrons. The Morgan fingerprint density at radius 1 is 1.06 bits per heavy atom. The molecule has 0 radical (unpaired) electrons. The number of sulfone groups is 1. The molecule has 0 aliphatic heterocycles. The highest BCUT2D eigenvalue weighted by Gasteiger charge is 2.21. The number of thioether (sulfide) groups is 1. The van der Waals surface area contributed by atoms with Gasteiger partial charge in [0.2, 0.25) is 5.91 Å². The Hall–Kier alpha value is -2.88. The fraction of sp³-hybridized carbons (Fsp3) is 0.231. The summed E-state index contributed by atoms with van der Waals surface area (Å²) in [6.07, 6.45) is 2.30. The molecule has 6 nitrogen and oxygen atoms in total. The van der Waals surface area contributed by atoms with E-state index in [9.17, 15) is 13.2 Å². The number of benzene rings is 3. The standard InChI is InChI=1S/C26H26N2O4S3/c1-32-20-10-12-21(13-11-20)33-16-6-9-25(29)28(18-19-7-4-3-5-8-19)26-27-23-15-14-22(35(2,30)31)17-24(23)34-26/h3-5,7-8,10-15,17H,6,9,16,18H2,1-2H3. The first-order valence-corrected chi connectivity index (χ1v) is 14.7. The number of anilines is 1. The van der Waals surface area contributed by atoms with Crippen molar-refractivity contribution < 1.29 is 17.9 Å². The first kappa shape index (κ1) is 25.2. The average Bonchev–Trinajstić information content (AvgIpc) is 3.28. The van der Waals surface area contributed by atoms with Crippen LogP contribution in [0.4, 0.5) is 5.13 Å². The van der Waals surface area contributed by atoms with Gasteiger partial charge in [-0.15, -0.1) is 11.8 Å². The third kappa shape index (κ3) is 6.62. The van der Waals surface area contributed by atoms with E-state index in [0.29, 0.717) is 23.6 Å². The predicted octanol–water partition coefficient (Wildman–Crippen LogP) is 5.81. The van der Waals surface area contributed by atoms with Gasteiger partial charge in [0.25, 0.3) is 0 Å². The molecule has 3 aromatic carbocycles. The van der Waals surface area contributed by atoms with E-state index in [1.807, 2.05) is 54.6 Å². The lowest BCUT2D eigenvalue weighted by Crippen LogP contribution is -2.30. The maximum Gasteiger partial charge on any atom is 0.229 e. The number of nitrogens with zero attached hydrogens (tertiary/aromatic N) is 2.